The molecule has 0 radical (unpaired) electrons. The molecular formula is C15H17N3O. The first-order chi connectivity index (χ1) is 9.34. The number of fused-ring (bicyclic) bond motifs is 1. The van der Waals surface area contributed by atoms with E-state index in [0.717, 1.165) is 42.6 Å². The first-order valence-electron chi connectivity index (χ1n) is 6.59. The van der Waals surface area contributed by atoms with Crippen LogP contribution >= 0.6 is 0 Å². The summed E-state index contributed by atoms with van der Waals surface area (Å²) in [7, 11) is 0. The maximum absolute atomic E-state index is 12.2. The van der Waals surface area contributed by atoms with Crippen molar-refractivity contribution in [1.82, 2.24) is 10.2 Å². The van der Waals surface area contributed by atoms with Gasteiger partial charge in [0, 0.05) is 31.6 Å². The van der Waals surface area contributed by atoms with Crippen LogP contribution in [-0.2, 0) is 0 Å². The fourth-order valence-corrected chi connectivity index (χ4v) is 2.40. The molecule has 2 amide bonds. The molecule has 3 rings (SSSR count). The Balaban J connectivity index is 1.82. The van der Waals surface area contributed by atoms with Gasteiger partial charge in [0.15, 0.2) is 0 Å². The number of urea groups is 1. The monoisotopic (exact) mass is 255 g/mol. The lowest BCUT2D eigenvalue weighted by molar-refractivity contribution is 0.204. The molecule has 1 aliphatic rings. The molecule has 0 spiro atoms. The largest absolute Gasteiger partial charge is 0.322 e. The summed E-state index contributed by atoms with van der Waals surface area (Å²) in [6.07, 6.45) is 0. The third-order valence-electron chi connectivity index (χ3n) is 3.44. The Bertz CT molecular complexity index is 585. The zero-order chi connectivity index (χ0) is 13.1. The van der Waals surface area contributed by atoms with Crippen LogP contribution in [0.3, 0.4) is 0 Å². The smallest absolute Gasteiger partial charge is 0.321 e. The summed E-state index contributed by atoms with van der Waals surface area (Å²) >= 11 is 0. The lowest BCUT2D eigenvalue weighted by Gasteiger charge is -2.27. The zero-order valence-corrected chi connectivity index (χ0v) is 10.7. The van der Waals surface area contributed by atoms with Crippen molar-refractivity contribution in [1.29, 1.82) is 0 Å². The van der Waals surface area contributed by atoms with Crippen LogP contribution in [-0.4, -0.2) is 37.1 Å². The van der Waals surface area contributed by atoms with Crippen molar-refractivity contribution >= 4 is 22.5 Å². The van der Waals surface area contributed by atoms with Crippen molar-refractivity contribution in [2.75, 3.05) is 31.5 Å². The molecule has 0 aromatic heterocycles. The average Bonchev–Trinajstić information content (AvgIpc) is 2.48. The number of carbonyl (C=O) groups excluding carboxylic acids is 1. The third-order valence-corrected chi connectivity index (χ3v) is 3.44. The van der Waals surface area contributed by atoms with Gasteiger partial charge in [0.1, 0.15) is 0 Å². The van der Waals surface area contributed by atoms with Crippen LogP contribution in [0.4, 0.5) is 10.5 Å². The predicted molar refractivity (Wildman–Crippen MR) is 77.4 cm³/mol. The second-order valence-corrected chi connectivity index (χ2v) is 4.69. The molecule has 2 aromatic carbocycles. The van der Waals surface area contributed by atoms with Gasteiger partial charge in [-0.15, -0.1) is 0 Å². The molecule has 1 aliphatic heterocycles. The molecule has 0 atom stereocenters. The molecule has 0 unspecified atom stereocenters. The van der Waals surface area contributed by atoms with Gasteiger partial charge in [-0.2, -0.15) is 0 Å². The Kier molecular flexibility index (Phi) is 3.33. The van der Waals surface area contributed by atoms with Gasteiger partial charge in [-0.3, -0.25) is 0 Å². The molecule has 19 heavy (non-hydrogen) atoms. The van der Waals surface area contributed by atoms with E-state index in [4.69, 9.17) is 0 Å². The number of carbonyl (C=O) groups is 1. The number of hydrogen-bond donors (Lipinski definition) is 2. The second kappa shape index (κ2) is 5.28. The Hall–Kier alpha value is -2.07. The van der Waals surface area contributed by atoms with Gasteiger partial charge >= 0.3 is 6.03 Å². The van der Waals surface area contributed by atoms with Crippen molar-refractivity contribution in [3.8, 4) is 0 Å². The number of benzene rings is 2. The minimum Gasteiger partial charge on any atom is -0.322 e. The van der Waals surface area contributed by atoms with Crippen LogP contribution in [0.1, 0.15) is 0 Å². The van der Waals surface area contributed by atoms with Gasteiger partial charge in [0.2, 0.25) is 0 Å². The average molecular weight is 255 g/mol. The highest BCUT2D eigenvalue weighted by molar-refractivity contribution is 6.01. The van der Waals surface area contributed by atoms with Gasteiger partial charge in [-0.25, -0.2) is 4.79 Å². The van der Waals surface area contributed by atoms with E-state index in [9.17, 15) is 4.79 Å². The molecule has 0 saturated carbocycles. The number of rotatable bonds is 1. The molecular weight excluding hydrogens is 238 g/mol. The minimum atomic E-state index is -0.0159. The van der Waals surface area contributed by atoms with Crippen molar-refractivity contribution in [3.63, 3.8) is 0 Å². The van der Waals surface area contributed by atoms with Gasteiger partial charge in [0.05, 0.1) is 5.69 Å². The zero-order valence-electron chi connectivity index (χ0n) is 10.7. The Morgan fingerprint density at radius 2 is 1.79 bits per heavy atom. The lowest BCUT2D eigenvalue weighted by atomic mass is 10.1. The van der Waals surface area contributed by atoms with Crippen LogP contribution in [0.2, 0.25) is 0 Å². The van der Waals surface area contributed by atoms with E-state index in [1.54, 1.807) is 0 Å². The molecule has 4 heteroatoms. The van der Waals surface area contributed by atoms with E-state index < -0.39 is 0 Å². The SMILES string of the molecule is O=C(Nc1cccc2ccccc12)N1CCNCC1. The summed E-state index contributed by atoms with van der Waals surface area (Å²) in [5.41, 5.74) is 0.877. The molecule has 2 N–H and O–H groups in total. The quantitative estimate of drug-likeness (QED) is 0.821. The first kappa shape index (κ1) is 12.0. The van der Waals surface area contributed by atoms with E-state index in [0.29, 0.717) is 0 Å². The van der Waals surface area contributed by atoms with E-state index in [1.807, 2.05) is 35.2 Å². The van der Waals surface area contributed by atoms with Crippen LogP contribution < -0.4 is 10.6 Å². The first-order valence-corrected chi connectivity index (χ1v) is 6.59. The van der Waals surface area contributed by atoms with Gasteiger partial charge in [-0.1, -0.05) is 36.4 Å². The van der Waals surface area contributed by atoms with Crippen LogP contribution in [0.15, 0.2) is 42.5 Å². The van der Waals surface area contributed by atoms with Crippen molar-refractivity contribution in [2.45, 2.75) is 0 Å². The fourth-order valence-electron chi connectivity index (χ4n) is 2.40. The Morgan fingerprint density at radius 3 is 2.63 bits per heavy atom. The standard InChI is InChI=1S/C15H17N3O/c19-15(18-10-8-16-9-11-18)17-14-7-3-5-12-4-1-2-6-13(12)14/h1-7,16H,8-11H2,(H,17,19). The minimum absolute atomic E-state index is 0.0159. The highest BCUT2D eigenvalue weighted by Crippen LogP contribution is 2.23. The third kappa shape index (κ3) is 2.53. The highest BCUT2D eigenvalue weighted by Gasteiger charge is 2.16. The van der Waals surface area contributed by atoms with Gasteiger partial charge in [0.25, 0.3) is 0 Å². The summed E-state index contributed by atoms with van der Waals surface area (Å²) in [5, 5.41) is 8.47. The topological polar surface area (TPSA) is 44.4 Å². The van der Waals surface area contributed by atoms with E-state index in [1.165, 1.54) is 0 Å². The summed E-state index contributed by atoms with van der Waals surface area (Å²) in [4.78, 5) is 14.0. The summed E-state index contributed by atoms with van der Waals surface area (Å²) in [6, 6.07) is 14.0. The number of piperazine rings is 1. The van der Waals surface area contributed by atoms with Crippen molar-refractivity contribution in [2.24, 2.45) is 0 Å². The Labute approximate surface area is 112 Å². The molecule has 4 nitrogen and oxygen atoms in total. The van der Waals surface area contributed by atoms with E-state index in [-0.39, 0.29) is 6.03 Å². The highest BCUT2D eigenvalue weighted by atomic mass is 16.2. The summed E-state index contributed by atoms with van der Waals surface area (Å²) in [6.45, 7) is 3.25. The lowest BCUT2D eigenvalue weighted by Crippen LogP contribution is -2.48. The fraction of sp³-hybridized carbons (Fsp3) is 0.267. The van der Waals surface area contributed by atoms with Crippen molar-refractivity contribution < 1.29 is 4.79 Å². The molecule has 0 aliphatic carbocycles. The molecule has 0 bridgehead atoms. The van der Waals surface area contributed by atoms with Crippen molar-refractivity contribution in [3.05, 3.63) is 42.5 Å². The molecule has 98 valence electrons. The van der Waals surface area contributed by atoms with Crippen LogP contribution in [0.5, 0.6) is 0 Å². The second-order valence-electron chi connectivity index (χ2n) is 4.69. The molecule has 1 saturated heterocycles. The Morgan fingerprint density at radius 1 is 1.05 bits per heavy atom. The van der Waals surface area contributed by atoms with Crippen LogP contribution in [0, 0.1) is 0 Å². The summed E-state index contributed by atoms with van der Waals surface area (Å²) < 4.78 is 0. The van der Waals surface area contributed by atoms with E-state index >= 15 is 0 Å². The molecule has 2 aromatic rings. The van der Waals surface area contributed by atoms with Gasteiger partial charge < -0.3 is 15.5 Å². The maximum Gasteiger partial charge on any atom is 0.321 e. The number of nitrogens with one attached hydrogen (secondary N) is 2. The predicted octanol–water partition coefficient (Wildman–Crippen LogP) is 2.28. The van der Waals surface area contributed by atoms with E-state index in [2.05, 4.69) is 22.8 Å². The number of amides is 2. The van der Waals surface area contributed by atoms with Crippen LogP contribution in [0.25, 0.3) is 10.8 Å². The van der Waals surface area contributed by atoms with Gasteiger partial charge in [-0.05, 0) is 11.5 Å². The summed E-state index contributed by atoms with van der Waals surface area (Å²) in [5.74, 6) is 0. The molecule has 1 heterocycles. The normalized spacial score (nSPS) is 15.5. The number of hydrogen-bond acceptors (Lipinski definition) is 2. The maximum atomic E-state index is 12.2. The number of anilines is 1. The molecule has 1 fully saturated rings. The number of nitrogens with zero attached hydrogens (tertiary/aromatic N) is 1.